The van der Waals surface area contributed by atoms with Gasteiger partial charge in [-0.3, -0.25) is 4.79 Å². The molecule has 0 aliphatic carbocycles. The summed E-state index contributed by atoms with van der Waals surface area (Å²) in [6.07, 6.45) is 4.22. The maximum absolute atomic E-state index is 16.2. The van der Waals surface area contributed by atoms with Crippen molar-refractivity contribution in [2.45, 2.75) is 36.6 Å². The molecular weight excluding hydrogens is 508 g/mol. The number of halogens is 2. The predicted octanol–water partition coefficient (Wildman–Crippen LogP) is 4.96. The van der Waals surface area contributed by atoms with Crippen molar-refractivity contribution in [3.8, 4) is 17.1 Å². The van der Waals surface area contributed by atoms with Gasteiger partial charge in [-0.1, -0.05) is 30.8 Å². The molecule has 1 atom stereocenters. The van der Waals surface area contributed by atoms with E-state index >= 15 is 4.39 Å². The number of nitrogens with one attached hydrogen (secondary N) is 2. The molecule has 0 saturated carbocycles. The molecule has 1 fully saturated rings. The fourth-order valence-corrected chi connectivity index (χ4v) is 6.15. The van der Waals surface area contributed by atoms with Crippen LogP contribution in [0.2, 0.25) is 0 Å². The van der Waals surface area contributed by atoms with E-state index < -0.39 is 17.6 Å². The van der Waals surface area contributed by atoms with Crippen molar-refractivity contribution in [3.63, 3.8) is 0 Å². The summed E-state index contributed by atoms with van der Waals surface area (Å²) in [5.74, 6) is -0.967. The third kappa shape index (κ3) is 5.61. The molecule has 200 valence electrons. The summed E-state index contributed by atoms with van der Waals surface area (Å²) in [5.41, 5.74) is 2.76. The van der Waals surface area contributed by atoms with Gasteiger partial charge in [0, 0.05) is 35.0 Å². The Kier molecular flexibility index (Phi) is 8.09. The van der Waals surface area contributed by atoms with Crippen LogP contribution in [-0.4, -0.2) is 65.9 Å². The molecule has 3 heterocycles. The highest BCUT2D eigenvalue weighted by Crippen LogP contribution is 2.41. The Morgan fingerprint density at radius 3 is 2.87 bits per heavy atom. The van der Waals surface area contributed by atoms with Crippen LogP contribution < -0.4 is 15.4 Å². The summed E-state index contributed by atoms with van der Waals surface area (Å²) in [5, 5.41) is 6.03. The van der Waals surface area contributed by atoms with E-state index in [4.69, 9.17) is 4.74 Å². The second kappa shape index (κ2) is 11.7. The van der Waals surface area contributed by atoms with Crippen molar-refractivity contribution < 1.29 is 18.3 Å². The monoisotopic (exact) mass is 539 g/mol. The number of ether oxygens (including phenoxy) is 1. The minimum atomic E-state index is -1.05. The normalized spacial score (nSPS) is 17.3. The lowest BCUT2D eigenvalue weighted by atomic mass is 9.98. The van der Waals surface area contributed by atoms with Crippen molar-refractivity contribution >= 4 is 34.4 Å². The number of hydrogen-bond donors (Lipinski definition) is 2. The number of carbonyl (C=O) groups is 1. The van der Waals surface area contributed by atoms with Crippen LogP contribution in [-0.2, 0) is 11.2 Å². The Morgan fingerprint density at radius 1 is 1.21 bits per heavy atom. The van der Waals surface area contributed by atoms with Crippen LogP contribution in [0.1, 0.15) is 24.8 Å². The van der Waals surface area contributed by atoms with Crippen LogP contribution in [0.25, 0.3) is 22.0 Å². The summed E-state index contributed by atoms with van der Waals surface area (Å²) in [7, 11) is 2.06. The lowest BCUT2D eigenvalue weighted by Gasteiger charge is -2.20. The van der Waals surface area contributed by atoms with Crippen LogP contribution in [0.5, 0.6) is 6.01 Å². The molecule has 10 heteroatoms. The molecule has 5 rings (SSSR count). The second-order valence-corrected chi connectivity index (χ2v) is 10.7. The third-order valence-electron chi connectivity index (χ3n) is 7.04. The lowest BCUT2D eigenvalue weighted by molar-refractivity contribution is -0.118. The van der Waals surface area contributed by atoms with Crippen molar-refractivity contribution in [1.29, 1.82) is 0 Å². The molecule has 1 amide bonds. The van der Waals surface area contributed by atoms with E-state index in [2.05, 4.69) is 45.2 Å². The maximum atomic E-state index is 16.2. The first-order chi connectivity index (χ1) is 18.4. The first kappa shape index (κ1) is 26.4. The third-order valence-corrected chi connectivity index (χ3v) is 8.30. The number of hydrogen-bond acceptors (Lipinski definition) is 7. The van der Waals surface area contributed by atoms with Gasteiger partial charge in [-0.05, 0) is 62.2 Å². The quantitative estimate of drug-likeness (QED) is 0.294. The second-order valence-electron chi connectivity index (χ2n) is 9.60. The van der Waals surface area contributed by atoms with Gasteiger partial charge in [0.05, 0.1) is 0 Å². The zero-order valence-electron chi connectivity index (χ0n) is 21.4. The lowest BCUT2D eigenvalue weighted by Crippen LogP contribution is -2.31. The zero-order chi connectivity index (χ0) is 26.6. The fourth-order valence-electron chi connectivity index (χ4n) is 4.96. The molecule has 2 aromatic carbocycles. The Balaban J connectivity index is 1.48. The number of thioether (sulfide) groups is 1. The van der Waals surface area contributed by atoms with E-state index in [1.807, 2.05) is 12.1 Å². The summed E-state index contributed by atoms with van der Waals surface area (Å²) >= 11 is 1.76. The van der Waals surface area contributed by atoms with Crippen molar-refractivity contribution in [3.05, 3.63) is 54.1 Å². The van der Waals surface area contributed by atoms with Gasteiger partial charge >= 0.3 is 6.01 Å². The number of anilines is 1. The average molecular weight is 540 g/mol. The van der Waals surface area contributed by atoms with Gasteiger partial charge in [0.25, 0.3) is 5.91 Å². The number of likely N-dealkylation sites (N-methyl/N-ethyl adjacent to an activating group) is 1. The highest BCUT2D eigenvalue weighted by molar-refractivity contribution is 7.99. The molecule has 7 nitrogen and oxygen atoms in total. The molecule has 3 aromatic rings. The van der Waals surface area contributed by atoms with Crippen LogP contribution in [0.3, 0.4) is 0 Å². The average Bonchev–Trinajstić information content (AvgIpc) is 3.34. The van der Waals surface area contributed by atoms with Gasteiger partial charge in [-0.2, -0.15) is 9.97 Å². The molecule has 0 bridgehead atoms. The molecule has 0 spiro atoms. The Labute approximate surface area is 225 Å². The Morgan fingerprint density at radius 2 is 2.08 bits per heavy atom. The largest absolute Gasteiger partial charge is 0.462 e. The first-order valence-electron chi connectivity index (χ1n) is 12.9. The van der Waals surface area contributed by atoms with Crippen molar-refractivity contribution in [1.82, 2.24) is 20.2 Å². The molecule has 0 radical (unpaired) electrons. The summed E-state index contributed by atoms with van der Waals surface area (Å²) in [6, 6.07) is 9.94. The fraction of sp³-hybridized carbons (Fsp3) is 0.393. The highest BCUT2D eigenvalue weighted by atomic mass is 32.2. The number of aryl methyl sites for hydroxylation is 1. The number of amides is 1. The number of fused-ring (bicyclic) bond motifs is 2. The van der Waals surface area contributed by atoms with Crippen LogP contribution >= 0.6 is 11.8 Å². The topological polar surface area (TPSA) is 79.4 Å². The summed E-state index contributed by atoms with van der Waals surface area (Å²) in [6.45, 7) is 4.77. The highest BCUT2D eigenvalue weighted by Gasteiger charge is 2.24. The standard InChI is InChI=1S/C28H31F2N5O2S/c1-17(29)27(36)32-13-12-31-26-22-11-10-20(21-9-3-6-18-7-5-15-38-25(18)21)23(30)24(22)33-28(34-26)37-16-19-8-4-14-35(19)2/h3,6,9-11,19H,1,4-5,7-8,12-16H2,2H3,(H,32,36)(H,31,33,34)/t19-/m0/s1. The number of carbonyl (C=O) groups excluding carboxylic acids is 1. The number of likely N-dealkylation sites (tertiary alicyclic amines) is 1. The predicted molar refractivity (Wildman–Crippen MR) is 147 cm³/mol. The molecule has 2 aliphatic rings. The Bertz CT molecular complexity index is 1370. The van der Waals surface area contributed by atoms with E-state index in [0.717, 1.165) is 48.4 Å². The molecule has 38 heavy (non-hydrogen) atoms. The van der Waals surface area contributed by atoms with Gasteiger partial charge in [-0.25, -0.2) is 8.78 Å². The minimum Gasteiger partial charge on any atom is -0.462 e. The van der Waals surface area contributed by atoms with Gasteiger partial charge in [0.1, 0.15) is 17.9 Å². The number of benzene rings is 2. The minimum absolute atomic E-state index is 0.0852. The first-order valence-corrected chi connectivity index (χ1v) is 13.9. The van der Waals surface area contributed by atoms with Crippen LogP contribution in [0.4, 0.5) is 14.6 Å². The van der Waals surface area contributed by atoms with Crippen molar-refractivity contribution in [2.24, 2.45) is 0 Å². The van der Waals surface area contributed by atoms with Gasteiger partial charge in [0.15, 0.2) is 11.6 Å². The van der Waals surface area contributed by atoms with Crippen LogP contribution in [0, 0.1) is 5.82 Å². The van der Waals surface area contributed by atoms with E-state index in [0.29, 0.717) is 23.4 Å². The molecular formula is C28H31F2N5O2S. The Hall–Kier alpha value is -3.24. The van der Waals surface area contributed by atoms with Gasteiger partial charge < -0.3 is 20.3 Å². The summed E-state index contributed by atoms with van der Waals surface area (Å²) < 4.78 is 35.1. The number of aromatic nitrogens is 2. The number of rotatable bonds is 9. The molecule has 2 aliphatic heterocycles. The van der Waals surface area contributed by atoms with Crippen molar-refractivity contribution in [2.75, 3.05) is 44.4 Å². The zero-order valence-corrected chi connectivity index (χ0v) is 22.2. The number of nitrogens with zero attached hydrogens (tertiary/aromatic N) is 3. The smallest absolute Gasteiger partial charge is 0.319 e. The van der Waals surface area contributed by atoms with E-state index in [9.17, 15) is 9.18 Å². The SMILES string of the molecule is C=C(F)C(=O)NCCNc1nc(OC[C@@H]2CCCN2C)nc2c(F)c(-c3cccc4c3SCCC4)ccc12. The van der Waals surface area contributed by atoms with E-state index in [-0.39, 0.29) is 30.7 Å². The summed E-state index contributed by atoms with van der Waals surface area (Å²) in [4.78, 5) is 23.8. The molecule has 1 aromatic heterocycles. The van der Waals surface area contributed by atoms with E-state index in [1.54, 1.807) is 23.9 Å². The molecule has 2 N–H and O–H groups in total. The van der Waals surface area contributed by atoms with E-state index in [1.165, 1.54) is 5.56 Å². The molecule has 1 saturated heterocycles. The van der Waals surface area contributed by atoms with Crippen LogP contribution in [0.15, 0.2) is 47.6 Å². The molecule has 0 unspecified atom stereocenters. The van der Waals surface area contributed by atoms with Gasteiger partial charge in [-0.15, -0.1) is 11.8 Å². The van der Waals surface area contributed by atoms with Gasteiger partial charge in [0.2, 0.25) is 0 Å². The maximum Gasteiger partial charge on any atom is 0.319 e.